The molecule has 118 valence electrons. The molecule has 2 N–H and O–H groups in total. The Balaban J connectivity index is 2.47. The molecule has 1 amide bonds. The average Bonchev–Trinajstić information content (AvgIpc) is 2.50. The number of nitrogens with zero attached hydrogens (tertiary/aromatic N) is 2. The summed E-state index contributed by atoms with van der Waals surface area (Å²) in [6, 6.07) is 7.18. The van der Waals surface area contributed by atoms with Gasteiger partial charge in [0.15, 0.2) is 5.16 Å². The number of hydrogen-bond donors (Lipinski definition) is 1. The van der Waals surface area contributed by atoms with Gasteiger partial charge in [0.2, 0.25) is 5.91 Å². The minimum Gasteiger partial charge on any atom is -0.385 e. The zero-order valence-electron chi connectivity index (χ0n) is 12.6. The molecule has 0 saturated heterocycles. The van der Waals surface area contributed by atoms with Crippen LogP contribution in [-0.2, 0) is 16.1 Å². The summed E-state index contributed by atoms with van der Waals surface area (Å²) >= 11 is 1.20. The molecule has 1 unspecified atom stereocenters. The second kappa shape index (κ2) is 7.42. The van der Waals surface area contributed by atoms with E-state index < -0.39 is 11.2 Å². The van der Waals surface area contributed by atoms with E-state index in [1.165, 1.54) is 11.8 Å². The van der Waals surface area contributed by atoms with E-state index in [1.807, 2.05) is 12.1 Å². The van der Waals surface area contributed by atoms with E-state index in [1.54, 1.807) is 30.7 Å². The van der Waals surface area contributed by atoms with E-state index in [9.17, 15) is 9.59 Å². The molecular weight excluding hydrogens is 302 g/mol. The van der Waals surface area contributed by atoms with Crippen molar-refractivity contribution in [3.8, 4) is 0 Å². The van der Waals surface area contributed by atoms with Crippen LogP contribution in [0, 0.1) is 0 Å². The molecule has 0 aliphatic carbocycles. The Kier molecular flexibility index (Phi) is 5.57. The van der Waals surface area contributed by atoms with Crippen LogP contribution in [-0.4, -0.2) is 34.4 Å². The number of ether oxygens (including phenoxy) is 1. The van der Waals surface area contributed by atoms with Crippen molar-refractivity contribution >= 4 is 28.6 Å². The number of hydrogen-bond acceptors (Lipinski definition) is 5. The van der Waals surface area contributed by atoms with Crippen molar-refractivity contribution < 1.29 is 9.53 Å². The third-order valence-electron chi connectivity index (χ3n) is 3.24. The van der Waals surface area contributed by atoms with Crippen LogP contribution in [0.25, 0.3) is 10.9 Å². The highest BCUT2D eigenvalue weighted by atomic mass is 32.2. The number of carbonyl (C=O) groups is 1. The Hall–Kier alpha value is -1.86. The van der Waals surface area contributed by atoms with Crippen LogP contribution in [0.4, 0.5) is 0 Å². The molecule has 0 fully saturated rings. The van der Waals surface area contributed by atoms with Gasteiger partial charge in [-0.2, -0.15) is 0 Å². The normalized spacial score (nSPS) is 12.5. The van der Waals surface area contributed by atoms with Gasteiger partial charge in [-0.05, 0) is 25.5 Å². The van der Waals surface area contributed by atoms with Crippen molar-refractivity contribution in [1.82, 2.24) is 9.55 Å². The number of aromatic nitrogens is 2. The van der Waals surface area contributed by atoms with Gasteiger partial charge in [-0.1, -0.05) is 23.9 Å². The summed E-state index contributed by atoms with van der Waals surface area (Å²) in [6.45, 7) is 2.74. The Labute approximate surface area is 132 Å². The maximum Gasteiger partial charge on any atom is 0.262 e. The standard InChI is InChI=1S/C15H19N3O3S/c1-10(13(16)19)22-15-17-12-7-4-3-6-11(12)14(20)18(15)8-5-9-21-2/h3-4,6-7,10H,5,8-9H2,1-2H3,(H2,16,19). The van der Waals surface area contributed by atoms with E-state index in [2.05, 4.69) is 4.98 Å². The van der Waals surface area contributed by atoms with Crippen molar-refractivity contribution in [3.63, 3.8) is 0 Å². The first-order valence-corrected chi connectivity index (χ1v) is 7.87. The molecule has 0 saturated carbocycles. The first kappa shape index (κ1) is 16.5. The van der Waals surface area contributed by atoms with Crippen LogP contribution in [0.2, 0.25) is 0 Å². The summed E-state index contributed by atoms with van der Waals surface area (Å²) < 4.78 is 6.62. The van der Waals surface area contributed by atoms with Crippen molar-refractivity contribution in [2.45, 2.75) is 30.3 Å². The first-order chi connectivity index (χ1) is 10.5. The predicted molar refractivity (Wildman–Crippen MR) is 87.0 cm³/mol. The predicted octanol–water partition coefficient (Wildman–Crippen LogP) is 1.40. The van der Waals surface area contributed by atoms with Crippen molar-refractivity contribution in [2.75, 3.05) is 13.7 Å². The number of nitrogens with two attached hydrogens (primary N) is 1. The lowest BCUT2D eigenvalue weighted by Crippen LogP contribution is -2.27. The van der Waals surface area contributed by atoms with Crippen LogP contribution < -0.4 is 11.3 Å². The van der Waals surface area contributed by atoms with Gasteiger partial charge in [-0.15, -0.1) is 0 Å². The number of fused-ring (bicyclic) bond motifs is 1. The summed E-state index contributed by atoms with van der Waals surface area (Å²) in [5.41, 5.74) is 5.82. The van der Waals surface area contributed by atoms with Gasteiger partial charge < -0.3 is 10.5 Å². The number of thioether (sulfide) groups is 1. The van der Waals surface area contributed by atoms with E-state index in [0.717, 1.165) is 0 Å². The van der Waals surface area contributed by atoms with E-state index >= 15 is 0 Å². The number of para-hydroxylation sites is 1. The SMILES string of the molecule is COCCCn1c(SC(C)C(N)=O)nc2ccccc2c1=O. The zero-order valence-corrected chi connectivity index (χ0v) is 13.4. The minimum absolute atomic E-state index is 0.110. The topological polar surface area (TPSA) is 87.2 Å². The molecule has 0 aliphatic heterocycles. The number of amides is 1. The van der Waals surface area contributed by atoms with E-state index in [0.29, 0.717) is 35.6 Å². The lowest BCUT2D eigenvalue weighted by Gasteiger charge is -2.14. The Bertz CT molecular complexity index is 730. The van der Waals surface area contributed by atoms with Crippen LogP contribution in [0.5, 0.6) is 0 Å². The fourth-order valence-electron chi connectivity index (χ4n) is 2.02. The first-order valence-electron chi connectivity index (χ1n) is 6.99. The third kappa shape index (κ3) is 3.66. The average molecular weight is 321 g/mol. The largest absolute Gasteiger partial charge is 0.385 e. The summed E-state index contributed by atoms with van der Waals surface area (Å²) in [7, 11) is 1.62. The molecule has 0 bridgehead atoms. The molecule has 2 aromatic rings. The number of methoxy groups -OCH3 is 1. The van der Waals surface area contributed by atoms with Gasteiger partial charge >= 0.3 is 0 Å². The lowest BCUT2D eigenvalue weighted by molar-refractivity contribution is -0.117. The van der Waals surface area contributed by atoms with Gasteiger partial charge in [0.1, 0.15) is 0 Å². The maximum absolute atomic E-state index is 12.6. The molecule has 22 heavy (non-hydrogen) atoms. The second-order valence-corrected chi connectivity index (χ2v) is 6.19. The van der Waals surface area contributed by atoms with Gasteiger partial charge in [0, 0.05) is 20.3 Å². The molecule has 1 heterocycles. The molecular formula is C15H19N3O3S. The van der Waals surface area contributed by atoms with Crippen LogP contribution >= 0.6 is 11.8 Å². The fourth-order valence-corrected chi connectivity index (χ4v) is 2.90. The molecule has 0 spiro atoms. The van der Waals surface area contributed by atoms with Gasteiger partial charge in [0.05, 0.1) is 16.2 Å². The summed E-state index contributed by atoms with van der Waals surface area (Å²) in [4.78, 5) is 28.5. The van der Waals surface area contributed by atoms with Gasteiger partial charge in [-0.25, -0.2) is 4.98 Å². The highest BCUT2D eigenvalue weighted by molar-refractivity contribution is 8.00. The lowest BCUT2D eigenvalue weighted by atomic mass is 10.2. The van der Waals surface area contributed by atoms with Crippen LogP contribution in [0.3, 0.4) is 0 Å². The Morgan fingerprint density at radius 3 is 2.86 bits per heavy atom. The molecule has 0 radical (unpaired) electrons. The van der Waals surface area contributed by atoms with Gasteiger partial charge in [0.25, 0.3) is 5.56 Å². The molecule has 0 aliphatic rings. The highest BCUT2D eigenvalue weighted by Gasteiger charge is 2.17. The smallest absolute Gasteiger partial charge is 0.262 e. The maximum atomic E-state index is 12.6. The second-order valence-electron chi connectivity index (χ2n) is 4.88. The number of carbonyl (C=O) groups excluding carboxylic acids is 1. The molecule has 1 aromatic heterocycles. The fraction of sp³-hybridized carbons (Fsp3) is 0.400. The monoisotopic (exact) mass is 321 g/mol. The van der Waals surface area contributed by atoms with E-state index in [-0.39, 0.29) is 5.56 Å². The number of rotatable bonds is 7. The highest BCUT2D eigenvalue weighted by Crippen LogP contribution is 2.22. The Morgan fingerprint density at radius 1 is 1.45 bits per heavy atom. The molecule has 1 atom stereocenters. The van der Waals surface area contributed by atoms with E-state index in [4.69, 9.17) is 10.5 Å². The minimum atomic E-state index is -0.457. The molecule has 6 nitrogen and oxygen atoms in total. The summed E-state index contributed by atoms with van der Waals surface area (Å²) in [5.74, 6) is -0.434. The number of primary amides is 1. The zero-order chi connectivity index (χ0) is 16.1. The van der Waals surface area contributed by atoms with Crippen molar-refractivity contribution in [2.24, 2.45) is 5.73 Å². The van der Waals surface area contributed by atoms with Gasteiger partial charge in [-0.3, -0.25) is 14.2 Å². The third-order valence-corrected chi connectivity index (χ3v) is 4.35. The quantitative estimate of drug-likeness (QED) is 0.473. The number of benzene rings is 1. The molecule has 2 rings (SSSR count). The Morgan fingerprint density at radius 2 is 2.18 bits per heavy atom. The molecule has 1 aromatic carbocycles. The summed E-state index contributed by atoms with van der Waals surface area (Å²) in [5, 5.41) is 0.615. The summed E-state index contributed by atoms with van der Waals surface area (Å²) in [6.07, 6.45) is 0.689. The van der Waals surface area contributed by atoms with Crippen molar-refractivity contribution in [3.05, 3.63) is 34.6 Å². The van der Waals surface area contributed by atoms with Crippen LogP contribution in [0.15, 0.2) is 34.2 Å². The van der Waals surface area contributed by atoms with Crippen molar-refractivity contribution in [1.29, 1.82) is 0 Å². The molecule has 7 heteroatoms. The van der Waals surface area contributed by atoms with Crippen LogP contribution in [0.1, 0.15) is 13.3 Å².